The van der Waals surface area contributed by atoms with Gasteiger partial charge in [0.05, 0.1) is 11.1 Å². The van der Waals surface area contributed by atoms with Gasteiger partial charge in [-0.2, -0.15) is 0 Å². The minimum atomic E-state index is -0.852. The molecule has 10 atom stereocenters. The monoisotopic (exact) mass is 658 g/mol. The van der Waals surface area contributed by atoms with Crippen molar-refractivity contribution in [3.8, 4) is 0 Å². The summed E-state index contributed by atoms with van der Waals surface area (Å²) in [6.45, 7) is 23.8. The number of hydrogen-bond donors (Lipinski definition) is 2. The molecule has 0 aromatic heterocycles. The predicted molar refractivity (Wildman–Crippen MR) is 178 cm³/mol. The van der Waals surface area contributed by atoms with Gasteiger partial charge in [-0.05, 0) is 84.1 Å². The van der Waals surface area contributed by atoms with Crippen molar-refractivity contribution >= 4 is 11.9 Å². The van der Waals surface area contributed by atoms with Crippen LogP contribution in [0, 0.1) is 18.8 Å². The summed E-state index contributed by atoms with van der Waals surface area (Å²) in [4.78, 5) is 26.6. The lowest BCUT2D eigenvalue weighted by atomic mass is 9.68. The first kappa shape index (κ1) is 36.2. The van der Waals surface area contributed by atoms with Crippen LogP contribution in [0.1, 0.15) is 134 Å². The van der Waals surface area contributed by atoms with Gasteiger partial charge in [-0.15, -0.1) is 0 Å². The zero-order valence-electron chi connectivity index (χ0n) is 30.5. The Bertz CT molecular complexity index is 1360. The summed E-state index contributed by atoms with van der Waals surface area (Å²) in [5, 5.41) is 7.67. The number of esters is 2. The molecule has 0 aliphatic carbocycles. The molecule has 10 unspecified atom stereocenters. The van der Waals surface area contributed by atoms with Crippen LogP contribution < -0.4 is 10.6 Å². The second-order valence-electron chi connectivity index (χ2n) is 15.6. The van der Waals surface area contributed by atoms with Gasteiger partial charge in [0, 0.05) is 46.8 Å². The average molecular weight is 659 g/mol. The number of carbonyl (C=O) groups excluding carboxylic acids is 2. The summed E-state index contributed by atoms with van der Waals surface area (Å²) in [6, 6.07) is 4.81. The van der Waals surface area contributed by atoms with E-state index in [0.717, 1.165) is 25.7 Å². The van der Waals surface area contributed by atoms with E-state index >= 15 is 0 Å². The van der Waals surface area contributed by atoms with Gasteiger partial charge < -0.3 is 39.1 Å². The maximum absolute atomic E-state index is 13.3. The van der Waals surface area contributed by atoms with Crippen molar-refractivity contribution in [2.75, 3.05) is 13.2 Å². The minimum absolute atomic E-state index is 0.0322. The molecule has 1 aromatic rings. The van der Waals surface area contributed by atoms with Crippen LogP contribution in [0.25, 0.3) is 0 Å². The van der Waals surface area contributed by atoms with Crippen molar-refractivity contribution in [1.82, 2.24) is 10.6 Å². The average Bonchev–Trinajstić information content (AvgIpc) is 3.62. The summed E-state index contributed by atoms with van der Waals surface area (Å²) in [6.07, 6.45) is 3.28. The molecule has 5 rings (SSSR count). The normalized spacial score (nSPS) is 43.4. The molecular formula is C37H58N2O8. The summed E-state index contributed by atoms with van der Waals surface area (Å²) in [7, 11) is 0. The topological polar surface area (TPSA) is 114 Å². The van der Waals surface area contributed by atoms with E-state index in [0.29, 0.717) is 29.5 Å². The van der Waals surface area contributed by atoms with Gasteiger partial charge in [-0.1, -0.05) is 41.5 Å². The number of ether oxygens (including phenoxy) is 6. The molecule has 2 N–H and O–H groups in total. The number of nitrogens with one attached hydrogen (secondary N) is 2. The van der Waals surface area contributed by atoms with Crippen molar-refractivity contribution < 1.29 is 38.0 Å². The van der Waals surface area contributed by atoms with E-state index in [1.165, 1.54) is 0 Å². The molecule has 0 bridgehead atoms. The van der Waals surface area contributed by atoms with Crippen molar-refractivity contribution in [2.24, 2.45) is 11.8 Å². The molecular weight excluding hydrogens is 600 g/mol. The van der Waals surface area contributed by atoms with Crippen LogP contribution in [0.3, 0.4) is 0 Å². The molecule has 0 amide bonds. The number of aryl methyl sites for hydroxylation is 1. The second kappa shape index (κ2) is 12.7. The number of hydrogen-bond acceptors (Lipinski definition) is 10. The fourth-order valence-corrected chi connectivity index (χ4v) is 8.41. The molecule has 4 aliphatic rings. The van der Waals surface area contributed by atoms with Crippen molar-refractivity contribution in [2.45, 2.75) is 161 Å². The minimum Gasteiger partial charge on any atom is -0.429 e. The van der Waals surface area contributed by atoms with Gasteiger partial charge in [0.2, 0.25) is 12.6 Å². The van der Waals surface area contributed by atoms with Crippen LogP contribution in [0.2, 0.25) is 0 Å². The van der Waals surface area contributed by atoms with Gasteiger partial charge >= 0.3 is 11.9 Å². The zero-order valence-corrected chi connectivity index (χ0v) is 30.5. The summed E-state index contributed by atoms with van der Waals surface area (Å²) >= 11 is 0. The van der Waals surface area contributed by atoms with Gasteiger partial charge in [0.15, 0.2) is 11.6 Å². The Morgan fingerprint density at radius 3 is 1.60 bits per heavy atom. The Hall–Kier alpha value is -2.08. The summed E-state index contributed by atoms with van der Waals surface area (Å²) in [5.74, 6) is -2.71. The highest BCUT2D eigenvalue weighted by Gasteiger charge is 2.61. The first-order chi connectivity index (χ1) is 21.9. The van der Waals surface area contributed by atoms with E-state index in [4.69, 9.17) is 28.4 Å². The molecule has 10 nitrogen and oxygen atoms in total. The maximum Gasteiger partial charge on any atom is 0.340 e. The highest BCUT2D eigenvalue weighted by atomic mass is 16.8. The van der Waals surface area contributed by atoms with E-state index in [9.17, 15) is 9.59 Å². The van der Waals surface area contributed by atoms with E-state index in [-0.39, 0.29) is 47.2 Å². The quantitative estimate of drug-likeness (QED) is 0.305. The third-order valence-corrected chi connectivity index (χ3v) is 12.5. The number of benzene rings is 1. The van der Waals surface area contributed by atoms with Crippen LogP contribution in [0.4, 0.5) is 0 Å². The molecule has 4 heterocycles. The van der Waals surface area contributed by atoms with E-state index in [2.05, 4.69) is 79.9 Å². The molecule has 4 saturated heterocycles. The summed E-state index contributed by atoms with van der Waals surface area (Å²) in [5.41, 5.74) is 0.517. The molecule has 2 spiro atoms. The smallest absolute Gasteiger partial charge is 0.340 e. The lowest BCUT2D eigenvalue weighted by molar-refractivity contribution is -0.268. The fraction of sp³-hybridized carbons (Fsp3) is 0.784. The molecule has 0 radical (unpaired) electrons. The van der Waals surface area contributed by atoms with Crippen molar-refractivity contribution in [1.29, 1.82) is 0 Å². The van der Waals surface area contributed by atoms with Crippen LogP contribution in [-0.2, 0) is 28.4 Å². The molecule has 0 saturated carbocycles. The van der Waals surface area contributed by atoms with Crippen molar-refractivity contribution in [3.63, 3.8) is 0 Å². The maximum atomic E-state index is 13.3. The predicted octanol–water partition coefficient (Wildman–Crippen LogP) is 6.38. The Kier molecular flexibility index (Phi) is 9.76. The first-order valence-electron chi connectivity index (χ1n) is 17.7. The lowest BCUT2D eigenvalue weighted by Crippen LogP contribution is -2.70. The van der Waals surface area contributed by atoms with E-state index in [1.54, 1.807) is 25.1 Å². The third kappa shape index (κ3) is 6.51. The Balaban J connectivity index is 1.22. The standard InChI is InChI=1S/C37H58N2O8/c1-12-32(8)21-36(24(6)34(10,14-3)38-32)42-19-28(46-36)44-30(40)26-16-17-27(23(5)18-26)31(41)45-29-20-43-37(47-29)22-33(9,13-2)39-35(11,15-4)25(37)7/h16-18,24-25,28-29,38-39H,12-15,19-22H2,1-11H3. The highest BCUT2D eigenvalue weighted by Crippen LogP contribution is 2.50. The Labute approximate surface area is 281 Å². The molecule has 4 aliphatic heterocycles. The van der Waals surface area contributed by atoms with E-state index in [1.807, 2.05) is 0 Å². The zero-order chi connectivity index (χ0) is 34.6. The largest absolute Gasteiger partial charge is 0.429 e. The number of carbonyl (C=O) groups is 2. The Morgan fingerprint density at radius 1 is 0.745 bits per heavy atom. The van der Waals surface area contributed by atoms with Crippen molar-refractivity contribution in [3.05, 3.63) is 34.9 Å². The highest BCUT2D eigenvalue weighted by molar-refractivity contribution is 5.94. The van der Waals surface area contributed by atoms with Crippen LogP contribution in [-0.4, -0.2) is 71.5 Å². The van der Waals surface area contributed by atoms with E-state index < -0.39 is 36.1 Å². The fourth-order valence-electron chi connectivity index (χ4n) is 8.41. The molecule has 4 fully saturated rings. The third-order valence-electron chi connectivity index (χ3n) is 12.5. The van der Waals surface area contributed by atoms with Crippen LogP contribution in [0.5, 0.6) is 0 Å². The number of piperidine rings is 2. The molecule has 264 valence electrons. The van der Waals surface area contributed by atoms with Gasteiger partial charge in [0.1, 0.15) is 13.2 Å². The van der Waals surface area contributed by atoms with Gasteiger partial charge in [-0.3, -0.25) is 0 Å². The summed E-state index contributed by atoms with van der Waals surface area (Å²) < 4.78 is 37.2. The lowest BCUT2D eigenvalue weighted by Gasteiger charge is -2.56. The Morgan fingerprint density at radius 2 is 1.19 bits per heavy atom. The first-order valence-corrected chi connectivity index (χ1v) is 17.7. The number of rotatable bonds is 8. The van der Waals surface area contributed by atoms with Crippen LogP contribution in [0.15, 0.2) is 18.2 Å². The molecule has 1 aromatic carbocycles. The molecule has 47 heavy (non-hydrogen) atoms. The van der Waals surface area contributed by atoms with Gasteiger partial charge in [-0.25, -0.2) is 9.59 Å². The SMILES string of the molecule is CCC1(C)CC2(OCC(OC(=O)c3ccc(C(=O)OC4COC5(CC(C)(CC)NC(C)(CC)C5C)O4)c(C)c3)O2)C(C)C(C)(CC)N1. The van der Waals surface area contributed by atoms with Crippen LogP contribution >= 0.6 is 0 Å². The second-order valence-corrected chi connectivity index (χ2v) is 15.6. The van der Waals surface area contributed by atoms with Gasteiger partial charge in [0.25, 0.3) is 0 Å². The molecule has 10 heteroatoms.